The Morgan fingerprint density at radius 1 is 1.00 bits per heavy atom. The highest BCUT2D eigenvalue weighted by Crippen LogP contribution is 2.35. The first-order chi connectivity index (χ1) is 6.52. The van der Waals surface area contributed by atoms with E-state index in [9.17, 15) is 4.79 Å². The van der Waals surface area contributed by atoms with E-state index in [0.29, 0.717) is 0 Å². The summed E-state index contributed by atoms with van der Waals surface area (Å²) in [4.78, 5) is 10.3. The number of aromatic carboxylic acids is 1. The van der Waals surface area contributed by atoms with E-state index >= 15 is 0 Å². The van der Waals surface area contributed by atoms with Gasteiger partial charge in [0.05, 0.1) is 5.56 Å². The van der Waals surface area contributed by atoms with Crippen LogP contribution < -0.4 is 0 Å². The minimum Gasteiger partial charge on any atom is -0.504 e. The number of rotatable bonds is 1. The standard InChI is InChI=1S/C7H6O5.H2O2/c8-4-1-3(7(11)12)2-5(9)6(4)10;1-2/h1-2,8-10H,(H,11,12);1-2H. The van der Waals surface area contributed by atoms with Crippen molar-refractivity contribution in [2.45, 2.75) is 0 Å². The maximum atomic E-state index is 10.3. The average Bonchev–Trinajstić information content (AvgIpc) is 2.16. The third-order valence-corrected chi connectivity index (χ3v) is 1.32. The highest BCUT2D eigenvalue weighted by Gasteiger charge is 2.11. The number of carboxylic acids is 1. The number of carbonyl (C=O) groups is 1. The number of phenols is 3. The predicted molar refractivity (Wildman–Crippen MR) is 43.7 cm³/mol. The molecule has 0 aliphatic carbocycles. The first kappa shape index (κ1) is 12.0. The van der Waals surface area contributed by atoms with E-state index in [4.69, 9.17) is 30.9 Å². The van der Waals surface area contributed by atoms with E-state index in [2.05, 4.69) is 0 Å². The number of hydrogen-bond acceptors (Lipinski definition) is 6. The lowest BCUT2D eigenvalue weighted by Gasteiger charge is -2.01. The first-order valence-electron chi connectivity index (χ1n) is 3.20. The molecule has 0 saturated carbocycles. The van der Waals surface area contributed by atoms with Gasteiger partial charge in [-0.1, -0.05) is 0 Å². The Bertz CT molecular complexity index is 310. The molecule has 0 bridgehead atoms. The fraction of sp³-hybridized carbons (Fsp3) is 0. The molecular weight excluding hydrogens is 196 g/mol. The molecule has 0 aromatic heterocycles. The molecule has 78 valence electrons. The highest BCUT2D eigenvalue weighted by molar-refractivity contribution is 5.89. The summed E-state index contributed by atoms with van der Waals surface area (Å²) in [6.45, 7) is 0. The summed E-state index contributed by atoms with van der Waals surface area (Å²) in [5.41, 5.74) is -0.289. The van der Waals surface area contributed by atoms with Crippen LogP contribution in [0.15, 0.2) is 12.1 Å². The molecule has 0 spiro atoms. The van der Waals surface area contributed by atoms with Crippen LogP contribution in [0.4, 0.5) is 0 Å². The number of carboxylic acid groups (broad SMARTS) is 1. The SMILES string of the molecule is O=C(O)c1cc(O)c(O)c(O)c1.OO. The lowest BCUT2D eigenvalue weighted by Crippen LogP contribution is -1.95. The molecule has 0 amide bonds. The second kappa shape index (κ2) is 4.90. The minimum absolute atomic E-state index is 0.289. The summed E-state index contributed by atoms with van der Waals surface area (Å²) in [6.07, 6.45) is 0. The zero-order chi connectivity index (χ0) is 11.3. The van der Waals surface area contributed by atoms with Crippen molar-refractivity contribution >= 4 is 5.97 Å². The Kier molecular flexibility index (Phi) is 4.20. The molecule has 1 aromatic rings. The van der Waals surface area contributed by atoms with Gasteiger partial charge in [-0.3, -0.25) is 10.5 Å². The molecule has 6 N–H and O–H groups in total. The van der Waals surface area contributed by atoms with Gasteiger partial charge >= 0.3 is 5.97 Å². The molecule has 0 unspecified atom stereocenters. The fourth-order valence-corrected chi connectivity index (χ4v) is 0.728. The van der Waals surface area contributed by atoms with Crippen LogP contribution in [0.2, 0.25) is 0 Å². The van der Waals surface area contributed by atoms with Gasteiger partial charge in [0.25, 0.3) is 0 Å². The van der Waals surface area contributed by atoms with Gasteiger partial charge in [0.15, 0.2) is 17.2 Å². The summed E-state index contributed by atoms with van der Waals surface area (Å²) >= 11 is 0. The van der Waals surface area contributed by atoms with Crippen LogP contribution in [0.5, 0.6) is 17.2 Å². The normalized spacial score (nSPS) is 8.71. The van der Waals surface area contributed by atoms with E-state index in [0.717, 1.165) is 12.1 Å². The van der Waals surface area contributed by atoms with E-state index in [1.54, 1.807) is 0 Å². The van der Waals surface area contributed by atoms with Gasteiger partial charge in [0.2, 0.25) is 0 Å². The third kappa shape index (κ3) is 2.51. The van der Waals surface area contributed by atoms with Crippen LogP contribution in [-0.4, -0.2) is 36.9 Å². The fourth-order valence-electron chi connectivity index (χ4n) is 0.728. The second-order valence-electron chi connectivity index (χ2n) is 2.17. The van der Waals surface area contributed by atoms with Crippen LogP contribution in [0.3, 0.4) is 0 Å². The quantitative estimate of drug-likeness (QED) is 0.222. The molecule has 7 heteroatoms. The van der Waals surface area contributed by atoms with Crippen molar-refractivity contribution in [1.29, 1.82) is 0 Å². The van der Waals surface area contributed by atoms with Gasteiger partial charge < -0.3 is 20.4 Å². The molecule has 0 fully saturated rings. The topological polar surface area (TPSA) is 138 Å². The number of phenolic OH excluding ortho intramolecular Hbond substituents is 3. The summed E-state index contributed by atoms with van der Waals surface area (Å²) in [5.74, 6) is -3.33. The molecule has 7 nitrogen and oxygen atoms in total. The second-order valence-corrected chi connectivity index (χ2v) is 2.17. The van der Waals surface area contributed by atoms with Crippen LogP contribution in [0, 0.1) is 0 Å². The van der Waals surface area contributed by atoms with Crippen molar-refractivity contribution in [2.24, 2.45) is 0 Å². The first-order valence-corrected chi connectivity index (χ1v) is 3.20. The number of benzene rings is 1. The van der Waals surface area contributed by atoms with E-state index < -0.39 is 23.2 Å². The zero-order valence-electron chi connectivity index (χ0n) is 6.75. The predicted octanol–water partition coefficient (Wildman–Crippen LogP) is 0.519. The maximum Gasteiger partial charge on any atom is 0.335 e. The monoisotopic (exact) mass is 204 g/mol. The van der Waals surface area contributed by atoms with Crippen molar-refractivity contribution in [3.63, 3.8) is 0 Å². The van der Waals surface area contributed by atoms with Crippen molar-refractivity contribution in [1.82, 2.24) is 0 Å². The van der Waals surface area contributed by atoms with Crippen LogP contribution in [0.1, 0.15) is 10.4 Å². The molecular formula is C7H8O7. The Morgan fingerprint density at radius 3 is 1.64 bits per heavy atom. The number of aromatic hydroxyl groups is 3. The molecule has 0 saturated heterocycles. The van der Waals surface area contributed by atoms with Gasteiger partial charge in [-0.2, -0.15) is 0 Å². The molecule has 1 aromatic carbocycles. The smallest absolute Gasteiger partial charge is 0.335 e. The molecule has 14 heavy (non-hydrogen) atoms. The van der Waals surface area contributed by atoms with Crippen LogP contribution in [-0.2, 0) is 0 Å². The van der Waals surface area contributed by atoms with Gasteiger partial charge in [-0.25, -0.2) is 4.79 Å². The van der Waals surface area contributed by atoms with Crippen molar-refractivity contribution in [3.05, 3.63) is 17.7 Å². The van der Waals surface area contributed by atoms with E-state index in [1.165, 1.54) is 0 Å². The van der Waals surface area contributed by atoms with Gasteiger partial charge in [0, 0.05) is 0 Å². The van der Waals surface area contributed by atoms with E-state index in [-0.39, 0.29) is 5.56 Å². The zero-order valence-corrected chi connectivity index (χ0v) is 6.75. The largest absolute Gasteiger partial charge is 0.504 e. The van der Waals surface area contributed by atoms with Crippen molar-refractivity contribution < 1.29 is 35.7 Å². The van der Waals surface area contributed by atoms with Crippen LogP contribution >= 0.6 is 0 Å². The molecule has 0 radical (unpaired) electrons. The summed E-state index contributed by atoms with van der Waals surface area (Å²) < 4.78 is 0. The minimum atomic E-state index is -1.29. The lowest BCUT2D eigenvalue weighted by atomic mass is 10.2. The van der Waals surface area contributed by atoms with Crippen molar-refractivity contribution in [3.8, 4) is 17.2 Å². The van der Waals surface area contributed by atoms with E-state index in [1.807, 2.05) is 0 Å². The Balaban J connectivity index is 0.000000791. The summed E-state index contributed by atoms with van der Waals surface area (Å²) in [5, 5.41) is 47.0. The highest BCUT2D eigenvalue weighted by atomic mass is 17.0. The van der Waals surface area contributed by atoms with Crippen molar-refractivity contribution in [2.75, 3.05) is 0 Å². The summed E-state index contributed by atoms with van der Waals surface area (Å²) in [6, 6.07) is 1.69. The molecule has 0 heterocycles. The Hall–Kier alpha value is -1.99. The Morgan fingerprint density at radius 2 is 1.36 bits per heavy atom. The molecule has 0 aliphatic rings. The molecule has 1 rings (SSSR count). The molecule has 0 aliphatic heterocycles. The van der Waals surface area contributed by atoms with Gasteiger partial charge in [-0.05, 0) is 12.1 Å². The van der Waals surface area contributed by atoms with Gasteiger partial charge in [-0.15, -0.1) is 0 Å². The lowest BCUT2D eigenvalue weighted by molar-refractivity contribution is -0.176. The Labute approximate surface area is 77.7 Å². The van der Waals surface area contributed by atoms with Gasteiger partial charge in [0.1, 0.15) is 0 Å². The number of hydrogen-bond donors (Lipinski definition) is 6. The average molecular weight is 204 g/mol. The third-order valence-electron chi connectivity index (χ3n) is 1.32. The maximum absolute atomic E-state index is 10.3. The van der Waals surface area contributed by atoms with Crippen LogP contribution in [0.25, 0.3) is 0 Å². The summed E-state index contributed by atoms with van der Waals surface area (Å²) in [7, 11) is 0. The molecule has 0 atom stereocenters.